The van der Waals surface area contributed by atoms with E-state index in [1.807, 2.05) is 37.3 Å². The Morgan fingerprint density at radius 1 is 1.06 bits per heavy atom. The molecule has 0 spiro atoms. The molecule has 1 aromatic carbocycles. The molecule has 1 aliphatic rings. The third-order valence-corrected chi connectivity index (χ3v) is 5.90. The molecule has 180 valence electrons. The molecule has 0 bridgehead atoms. The summed E-state index contributed by atoms with van der Waals surface area (Å²) in [5, 5.41) is 12.3. The lowest BCUT2D eigenvalue weighted by molar-refractivity contribution is -0.137. The molecule has 0 radical (unpaired) electrons. The van der Waals surface area contributed by atoms with Crippen molar-refractivity contribution in [2.75, 3.05) is 26.6 Å². The van der Waals surface area contributed by atoms with Gasteiger partial charge in [0, 0.05) is 12.5 Å². The molecule has 1 saturated carbocycles. The first-order valence-corrected chi connectivity index (χ1v) is 11.5. The van der Waals surface area contributed by atoms with Crippen LogP contribution in [0.1, 0.15) is 51.5 Å². The first-order chi connectivity index (χ1) is 15.5. The fourth-order valence-corrected chi connectivity index (χ4v) is 3.92. The molecule has 8 nitrogen and oxygen atoms in total. The molecular formula is C24H38N2O6. The van der Waals surface area contributed by atoms with Crippen LogP contribution in [0.15, 0.2) is 30.3 Å². The summed E-state index contributed by atoms with van der Waals surface area (Å²) in [7, 11) is 0. The summed E-state index contributed by atoms with van der Waals surface area (Å²) in [6.45, 7) is 5.41. The van der Waals surface area contributed by atoms with Gasteiger partial charge in [0.25, 0.3) is 0 Å². The van der Waals surface area contributed by atoms with Crippen molar-refractivity contribution in [1.29, 1.82) is 0 Å². The Bertz CT molecular complexity index is 664. The quantitative estimate of drug-likeness (QED) is 0.174. The van der Waals surface area contributed by atoms with E-state index in [4.69, 9.17) is 14.2 Å². The van der Waals surface area contributed by atoms with Crippen LogP contribution in [-0.4, -0.2) is 49.7 Å². The summed E-state index contributed by atoms with van der Waals surface area (Å²) in [5.41, 5.74) is 2.71. The predicted molar refractivity (Wildman–Crippen MR) is 120 cm³/mol. The highest BCUT2D eigenvalue weighted by Gasteiger charge is 2.29. The Hall–Kier alpha value is -2.00. The Labute approximate surface area is 191 Å². The minimum atomic E-state index is -0.643. The minimum absolute atomic E-state index is 0.00438. The standard InChI is InChI=1S/C24H38N2O6/c1-3-30-17-32-16-22(25-23(27)20-11-9-18(2)10-12-20)13-21(24(28)26-29)15-31-14-19-7-5-4-6-8-19/h4-8,18,20-22,29H,3,9-17H2,1-2H3,(H,25,27)(H,26,28)/t18-,20-,21-,22+/m1/s1. The van der Waals surface area contributed by atoms with Crippen molar-refractivity contribution in [1.82, 2.24) is 10.8 Å². The molecule has 0 saturated heterocycles. The van der Waals surface area contributed by atoms with Crippen LogP contribution in [0.3, 0.4) is 0 Å². The van der Waals surface area contributed by atoms with Crippen LogP contribution >= 0.6 is 0 Å². The van der Waals surface area contributed by atoms with Crippen LogP contribution in [0.4, 0.5) is 0 Å². The van der Waals surface area contributed by atoms with E-state index >= 15 is 0 Å². The van der Waals surface area contributed by atoms with Gasteiger partial charge in [-0.1, -0.05) is 37.3 Å². The molecule has 2 amide bonds. The number of carbonyl (C=O) groups is 2. The summed E-state index contributed by atoms with van der Waals surface area (Å²) in [5.74, 6) is -0.552. The van der Waals surface area contributed by atoms with Crippen molar-refractivity contribution < 1.29 is 29.0 Å². The Morgan fingerprint density at radius 2 is 1.78 bits per heavy atom. The maximum Gasteiger partial charge on any atom is 0.248 e. The molecular weight excluding hydrogens is 412 g/mol. The maximum absolute atomic E-state index is 12.8. The van der Waals surface area contributed by atoms with Crippen molar-refractivity contribution in [2.24, 2.45) is 17.8 Å². The zero-order chi connectivity index (χ0) is 23.2. The van der Waals surface area contributed by atoms with Crippen molar-refractivity contribution >= 4 is 11.8 Å². The predicted octanol–water partition coefficient (Wildman–Crippen LogP) is 3.04. The Kier molecular flexibility index (Phi) is 12.3. The van der Waals surface area contributed by atoms with Gasteiger partial charge in [0.15, 0.2) is 0 Å². The highest BCUT2D eigenvalue weighted by Crippen LogP contribution is 2.28. The largest absolute Gasteiger partial charge is 0.376 e. The normalized spacial score (nSPS) is 20.3. The first-order valence-electron chi connectivity index (χ1n) is 11.5. The van der Waals surface area contributed by atoms with Gasteiger partial charge < -0.3 is 19.5 Å². The highest BCUT2D eigenvalue weighted by atomic mass is 16.7. The van der Waals surface area contributed by atoms with Gasteiger partial charge >= 0.3 is 0 Å². The van der Waals surface area contributed by atoms with Gasteiger partial charge in [-0.2, -0.15) is 0 Å². The first kappa shape index (κ1) is 26.3. The van der Waals surface area contributed by atoms with E-state index in [1.54, 1.807) is 5.48 Å². The topological polar surface area (TPSA) is 106 Å². The molecule has 8 heteroatoms. The van der Waals surface area contributed by atoms with E-state index in [0.29, 0.717) is 19.1 Å². The fraction of sp³-hybridized carbons (Fsp3) is 0.667. The van der Waals surface area contributed by atoms with E-state index in [9.17, 15) is 14.8 Å². The zero-order valence-corrected chi connectivity index (χ0v) is 19.3. The molecule has 2 atom stereocenters. The number of hydrogen-bond acceptors (Lipinski definition) is 6. The van der Waals surface area contributed by atoms with Crippen LogP contribution in [-0.2, 0) is 30.4 Å². The third-order valence-electron chi connectivity index (χ3n) is 5.90. The maximum atomic E-state index is 12.8. The lowest BCUT2D eigenvalue weighted by Gasteiger charge is -2.29. The molecule has 0 unspecified atom stereocenters. The van der Waals surface area contributed by atoms with Crippen LogP contribution in [0.25, 0.3) is 0 Å². The Morgan fingerprint density at radius 3 is 2.44 bits per heavy atom. The molecule has 2 rings (SSSR count). The molecule has 1 aromatic rings. The lowest BCUT2D eigenvalue weighted by atomic mass is 9.82. The second-order valence-electron chi connectivity index (χ2n) is 8.55. The van der Waals surface area contributed by atoms with Gasteiger partial charge in [0.2, 0.25) is 11.8 Å². The number of amides is 2. The number of benzene rings is 1. The van der Waals surface area contributed by atoms with Crippen LogP contribution in [0.2, 0.25) is 0 Å². The van der Waals surface area contributed by atoms with Crippen molar-refractivity contribution in [2.45, 2.75) is 58.6 Å². The summed E-state index contributed by atoms with van der Waals surface area (Å²) < 4.78 is 16.5. The smallest absolute Gasteiger partial charge is 0.248 e. The number of carbonyl (C=O) groups excluding carboxylic acids is 2. The van der Waals surface area contributed by atoms with Gasteiger partial charge in [-0.25, -0.2) is 5.48 Å². The summed E-state index contributed by atoms with van der Waals surface area (Å²) in [6, 6.07) is 9.25. The summed E-state index contributed by atoms with van der Waals surface area (Å²) >= 11 is 0. The number of hydrogen-bond donors (Lipinski definition) is 3. The minimum Gasteiger partial charge on any atom is -0.376 e. The molecule has 1 aliphatic carbocycles. The lowest BCUT2D eigenvalue weighted by Crippen LogP contribution is -2.45. The number of hydroxylamine groups is 1. The van der Waals surface area contributed by atoms with Gasteiger partial charge in [0.05, 0.1) is 31.8 Å². The zero-order valence-electron chi connectivity index (χ0n) is 19.3. The number of rotatable bonds is 14. The summed E-state index contributed by atoms with van der Waals surface area (Å²) in [4.78, 5) is 25.1. The van der Waals surface area contributed by atoms with Gasteiger partial charge in [-0.05, 0) is 50.5 Å². The summed E-state index contributed by atoms with van der Waals surface area (Å²) in [6.07, 6.45) is 4.13. The van der Waals surface area contributed by atoms with Gasteiger partial charge in [-0.15, -0.1) is 0 Å². The van der Waals surface area contributed by atoms with Gasteiger partial charge in [-0.3, -0.25) is 14.8 Å². The van der Waals surface area contributed by atoms with Crippen LogP contribution in [0, 0.1) is 17.8 Å². The van der Waals surface area contributed by atoms with Crippen LogP contribution < -0.4 is 10.8 Å². The highest BCUT2D eigenvalue weighted by molar-refractivity contribution is 5.80. The van der Waals surface area contributed by atoms with Crippen LogP contribution in [0.5, 0.6) is 0 Å². The van der Waals surface area contributed by atoms with Gasteiger partial charge in [0.1, 0.15) is 6.79 Å². The molecule has 3 N–H and O–H groups in total. The second kappa shape index (κ2) is 14.9. The molecule has 0 aromatic heterocycles. The van der Waals surface area contributed by atoms with Crippen molar-refractivity contribution in [3.63, 3.8) is 0 Å². The molecule has 0 aliphatic heterocycles. The van der Waals surface area contributed by atoms with Crippen molar-refractivity contribution in [3.05, 3.63) is 35.9 Å². The average molecular weight is 451 g/mol. The van der Waals surface area contributed by atoms with E-state index in [1.165, 1.54) is 0 Å². The van der Waals surface area contributed by atoms with E-state index in [2.05, 4.69) is 12.2 Å². The number of ether oxygens (including phenoxy) is 3. The van der Waals surface area contributed by atoms with Crippen molar-refractivity contribution in [3.8, 4) is 0 Å². The average Bonchev–Trinajstić information content (AvgIpc) is 2.81. The van der Waals surface area contributed by atoms with E-state index in [0.717, 1.165) is 31.2 Å². The fourth-order valence-electron chi connectivity index (χ4n) is 3.92. The molecule has 32 heavy (non-hydrogen) atoms. The second-order valence-corrected chi connectivity index (χ2v) is 8.55. The molecule has 1 fully saturated rings. The SMILES string of the molecule is CCOCOC[C@H](C[C@H](COCc1ccccc1)C(=O)NO)NC(=O)[C@H]1CC[C@H](C)CC1. The van der Waals surface area contributed by atoms with E-state index < -0.39 is 17.9 Å². The van der Waals surface area contributed by atoms with E-state index in [-0.39, 0.29) is 38.3 Å². The third kappa shape index (κ3) is 9.65. The molecule has 0 heterocycles. The Balaban J connectivity index is 1.94. The monoisotopic (exact) mass is 450 g/mol. The number of nitrogens with one attached hydrogen (secondary N) is 2.